The van der Waals surface area contributed by atoms with E-state index in [4.69, 9.17) is 20.7 Å². The molecule has 0 aliphatic rings. The maximum absolute atomic E-state index is 8.96. The highest BCUT2D eigenvalue weighted by Gasteiger charge is 2.16. The first-order valence-electron chi connectivity index (χ1n) is 4.28. The van der Waals surface area contributed by atoms with E-state index in [9.17, 15) is 0 Å². The highest BCUT2D eigenvalue weighted by atomic mass is 16.3. The van der Waals surface area contributed by atoms with E-state index in [1.54, 1.807) is 18.2 Å². The molecule has 0 fully saturated rings. The summed E-state index contributed by atoms with van der Waals surface area (Å²) in [7, 11) is 0. The van der Waals surface area contributed by atoms with Gasteiger partial charge in [-0.15, -0.1) is 0 Å². The predicted octanol–water partition coefficient (Wildman–Crippen LogP) is 1.06. The smallest absolute Gasteiger partial charge is 0.222 e. The molecule has 0 aromatic carbocycles. The predicted molar refractivity (Wildman–Crippen MR) is 53.6 cm³/mol. The summed E-state index contributed by atoms with van der Waals surface area (Å²) in [5, 5.41) is 17.8. The first kappa shape index (κ1) is 9.69. The molecule has 0 saturated carbocycles. The standard InChI is InChI=1S/C10H5N5O/c11-4-6-7(5-12)14-10(13)15-9(6)8-2-1-3-16-8/h1-3H,(H2,13,14,15). The van der Waals surface area contributed by atoms with Crippen LogP contribution in [0.15, 0.2) is 22.8 Å². The molecule has 0 aliphatic heterocycles. The average Bonchev–Trinajstić information content (AvgIpc) is 2.81. The van der Waals surface area contributed by atoms with Crippen LogP contribution in [0, 0.1) is 22.7 Å². The molecule has 0 atom stereocenters. The van der Waals surface area contributed by atoms with Gasteiger partial charge in [0.05, 0.1) is 6.26 Å². The van der Waals surface area contributed by atoms with Crippen LogP contribution in [0.4, 0.5) is 5.95 Å². The Labute approximate surface area is 90.6 Å². The normalized spacial score (nSPS) is 9.38. The van der Waals surface area contributed by atoms with Gasteiger partial charge in [0, 0.05) is 0 Å². The molecule has 2 heterocycles. The molecule has 2 rings (SSSR count). The first-order chi connectivity index (χ1) is 7.76. The number of hydrogen-bond acceptors (Lipinski definition) is 6. The first-order valence-corrected chi connectivity index (χ1v) is 4.28. The zero-order valence-electron chi connectivity index (χ0n) is 8.01. The fourth-order valence-electron chi connectivity index (χ4n) is 1.26. The minimum atomic E-state index is -0.0676. The van der Waals surface area contributed by atoms with Gasteiger partial charge in [0.1, 0.15) is 23.4 Å². The van der Waals surface area contributed by atoms with Gasteiger partial charge < -0.3 is 10.2 Å². The summed E-state index contributed by atoms with van der Waals surface area (Å²) < 4.78 is 5.11. The van der Waals surface area contributed by atoms with Crippen molar-refractivity contribution in [1.82, 2.24) is 9.97 Å². The van der Waals surface area contributed by atoms with Crippen LogP contribution in [0.3, 0.4) is 0 Å². The van der Waals surface area contributed by atoms with Gasteiger partial charge in [0.2, 0.25) is 5.95 Å². The molecule has 6 nitrogen and oxygen atoms in total. The van der Waals surface area contributed by atoms with Crippen LogP contribution in [-0.2, 0) is 0 Å². The molecule has 0 radical (unpaired) electrons. The third kappa shape index (κ3) is 1.45. The number of nitrogens with two attached hydrogens (primary N) is 1. The Hall–Kier alpha value is -2.86. The Kier molecular flexibility index (Phi) is 2.25. The second kappa shape index (κ2) is 3.71. The summed E-state index contributed by atoms with van der Waals surface area (Å²) in [4.78, 5) is 7.57. The van der Waals surface area contributed by atoms with Gasteiger partial charge in [-0.3, -0.25) is 0 Å². The number of nitriles is 2. The van der Waals surface area contributed by atoms with Crippen LogP contribution in [0.25, 0.3) is 11.5 Å². The maximum Gasteiger partial charge on any atom is 0.222 e. The summed E-state index contributed by atoms with van der Waals surface area (Å²) in [6.45, 7) is 0. The molecule has 76 valence electrons. The molecular formula is C10H5N5O. The molecule has 6 heteroatoms. The van der Waals surface area contributed by atoms with E-state index < -0.39 is 0 Å². The van der Waals surface area contributed by atoms with Crippen molar-refractivity contribution in [1.29, 1.82) is 10.5 Å². The van der Waals surface area contributed by atoms with E-state index in [0.29, 0.717) is 5.76 Å². The molecule has 16 heavy (non-hydrogen) atoms. The third-order valence-electron chi connectivity index (χ3n) is 1.90. The Morgan fingerprint density at radius 3 is 2.62 bits per heavy atom. The Bertz CT molecular complexity index is 603. The number of hydrogen-bond donors (Lipinski definition) is 1. The van der Waals surface area contributed by atoms with Crippen LogP contribution >= 0.6 is 0 Å². The number of anilines is 1. The minimum Gasteiger partial charge on any atom is -0.463 e. The molecular weight excluding hydrogens is 206 g/mol. The number of furan rings is 1. The van der Waals surface area contributed by atoms with Crippen LogP contribution < -0.4 is 5.73 Å². The zero-order chi connectivity index (χ0) is 11.5. The van der Waals surface area contributed by atoms with E-state index in [2.05, 4.69) is 9.97 Å². The van der Waals surface area contributed by atoms with Crippen molar-refractivity contribution >= 4 is 5.95 Å². The van der Waals surface area contributed by atoms with E-state index >= 15 is 0 Å². The lowest BCUT2D eigenvalue weighted by Gasteiger charge is -2.01. The topological polar surface area (TPSA) is 113 Å². The molecule has 0 saturated heterocycles. The number of nitrogens with zero attached hydrogens (tertiary/aromatic N) is 4. The summed E-state index contributed by atoms with van der Waals surface area (Å²) in [6, 6.07) is 6.94. The highest BCUT2D eigenvalue weighted by molar-refractivity contribution is 5.66. The molecule has 2 N–H and O–H groups in total. The van der Waals surface area contributed by atoms with Crippen molar-refractivity contribution in [3.63, 3.8) is 0 Å². The number of aromatic nitrogens is 2. The largest absolute Gasteiger partial charge is 0.463 e. The SMILES string of the molecule is N#Cc1nc(N)nc(-c2ccco2)c1C#N. The zero-order valence-corrected chi connectivity index (χ0v) is 8.01. The van der Waals surface area contributed by atoms with Gasteiger partial charge in [0.25, 0.3) is 0 Å². The minimum absolute atomic E-state index is 0.0543. The fraction of sp³-hybridized carbons (Fsp3) is 0. The lowest BCUT2D eigenvalue weighted by atomic mass is 10.1. The van der Waals surface area contributed by atoms with Crippen molar-refractivity contribution in [2.45, 2.75) is 0 Å². The van der Waals surface area contributed by atoms with Crippen LogP contribution in [0.2, 0.25) is 0 Å². The average molecular weight is 211 g/mol. The number of nitrogen functional groups attached to an aromatic ring is 1. The summed E-state index contributed by atoms with van der Waals surface area (Å²) >= 11 is 0. The van der Waals surface area contributed by atoms with Crippen molar-refractivity contribution in [3.8, 4) is 23.6 Å². The molecule has 2 aromatic rings. The van der Waals surface area contributed by atoms with Crippen molar-refractivity contribution in [3.05, 3.63) is 29.7 Å². The Morgan fingerprint density at radius 1 is 1.25 bits per heavy atom. The van der Waals surface area contributed by atoms with Crippen LogP contribution in [-0.4, -0.2) is 9.97 Å². The lowest BCUT2D eigenvalue weighted by Crippen LogP contribution is -2.02. The molecule has 0 spiro atoms. The van der Waals surface area contributed by atoms with Crippen LogP contribution in [0.5, 0.6) is 0 Å². The van der Waals surface area contributed by atoms with Gasteiger partial charge in [-0.05, 0) is 12.1 Å². The molecule has 0 unspecified atom stereocenters. The van der Waals surface area contributed by atoms with Gasteiger partial charge in [-0.2, -0.15) is 10.5 Å². The fourth-order valence-corrected chi connectivity index (χ4v) is 1.26. The maximum atomic E-state index is 8.96. The van der Waals surface area contributed by atoms with E-state index in [0.717, 1.165) is 0 Å². The van der Waals surface area contributed by atoms with E-state index in [-0.39, 0.29) is 22.9 Å². The molecule has 2 aromatic heterocycles. The van der Waals surface area contributed by atoms with Gasteiger partial charge >= 0.3 is 0 Å². The van der Waals surface area contributed by atoms with Crippen LogP contribution in [0.1, 0.15) is 11.3 Å². The quantitative estimate of drug-likeness (QED) is 0.754. The van der Waals surface area contributed by atoms with Gasteiger partial charge in [-0.25, -0.2) is 9.97 Å². The second-order valence-electron chi connectivity index (χ2n) is 2.85. The van der Waals surface area contributed by atoms with Crippen molar-refractivity contribution < 1.29 is 4.42 Å². The summed E-state index contributed by atoms with van der Waals surface area (Å²) in [6.07, 6.45) is 1.45. The highest BCUT2D eigenvalue weighted by Crippen LogP contribution is 2.23. The van der Waals surface area contributed by atoms with Crippen molar-refractivity contribution in [2.24, 2.45) is 0 Å². The summed E-state index contributed by atoms with van der Waals surface area (Å²) in [5.74, 6) is 0.309. The number of rotatable bonds is 1. The summed E-state index contributed by atoms with van der Waals surface area (Å²) in [5.41, 5.74) is 5.68. The van der Waals surface area contributed by atoms with Gasteiger partial charge in [-0.1, -0.05) is 0 Å². The monoisotopic (exact) mass is 211 g/mol. The van der Waals surface area contributed by atoms with E-state index in [1.807, 2.05) is 6.07 Å². The van der Waals surface area contributed by atoms with Crippen molar-refractivity contribution in [2.75, 3.05) is 5.73 Å². The Morgan fingerprint density at radius 2 is 2.06 bits per heavy atom. The third-order valence-corrected chi connectivity index (χ3v) is 1.90. The molecule has 0 amide bonds. The second-order valence-corrected chi connectivity index (χ2v) is 2.85. The molecule has 0 aliphatic carbocycles. The Balaban J connectivity index is 2.76. The lowest BCUT2D eigenvalue weighted by molar-refractivity contribution is 0.579. The van der Waals surface area contributed by atoms with E-state index in [1.165, 1.54) is 6.26 Å². The molecule has 0 bridgehead atoms. The van der Waals surface area contributed by atoms with Gasteiger partial charge in [0.15, 0.2) is 11.5 Å².